The number of thioether (sulfide) groups is 1. The summed E-state index contributed by atoms with van der Waals surface area (Å²) in [6.07, 6.45) is 3.97. The van der Waals surface area contributed by atoms with E-state index in [2.05, 4.69) is 47.2 Å². The third-order valence-electron chi connectivity index (χ3n) is 3.77. The average molecular weight is 248 g/mol. The SMILES string of the molecule is CN1CCc2cc(NCC3CCCS3)ccc21. The van der Waals surface area contributed by atoms with Crippen molar-refractivity contribution in [3.63, 3.8) is 0 Å². The number of nitrogens with one attached hydrogen (secondary N) is 1. The van der Waals surface area contributed by atoms with Crippen LogP contribution in [0.2, 0.25) is 0 Å². The highest BCUT2D eigenvalue weighted by Crippen LogP contribution is 2.30. The minimum atomic E-state index is 0.825. The molecule has 2 nitrogen and oxygen atoms in total. The fraction of sp³-hybridized carbons (Fsp3) is 0.571. The highest BCUT2D eigenvalue weighted by Gasteiger charge is 2.17. The van der Waals surface area contributed by atoms with Crippen LogP contribution in [0.15, 0.2) is 18.2 Å². The van der Waals surface area contributed by atoms with E-state index in [9.17, 15) is 0 Å². The molecule has 2 aliphatic heterocycles. The van der Waals surface area contributed by atoms with E-state index in [1.165, 1.54) is 42.0 Å². The fourth-order valence-corrected chi connectivity index (χ4v) is 3.91. The zero-order valence-corrected chi connectivity index (χ0v) is 11.2. The monoisotopic (exact) mass is 248 g/mol. The second-order valence-corrected chi connectivity index (χ2v) is 6.44. The van der Waals surface area contributed by atoms with E-state index in [4.69, 9.17) is 0 Å². The first-order chi connectivity index (χ1) is 8.33. The molecular formula is C14H20N2S. The van der Waals surface area contributed by atoms with Crippen LogP contribution in [-0.2, 0) is 6.42 Å². The van der Waals surface area contributed by atoms with Crippen molar-refractivity contribution in [3.8, 4) is 0 Å². The van der Waals surface area contributed by atoms with Crippen molar-refractivity contribution < 1.29 is 0 Å². The maximum Gasteiger partial charge on any atom is 0.0398 e. The van der Waals surface area contributed by atoms with Crippen LogP contribution in [0.4, 0.5) is 11.4 Å². The maximum absolute atomic E-state index is 3.59. The van der Waals surface area contributed by atoms with E-state index < -0.39 is 0 Å². The molecule has 3 rings (SSSR count). The molecule has 17 heavy (non-hydrogen) atoms. The summed E-state index contributed by atoms with van der Waals surface area (Å²) in [6.45, 7) is 2.29. The summed E-state index contributed by atoms with van der Waals surface area (Å²) >= 11 is 2.12. The van der Waals surface area contributed by atoms with Crippen molar-refractivity contribution >= 4 is 23.1 Å². The molecule has 0 amide bonds. The number of nitrogens with zero attached hydrogens (tertiary/aromatic N) is 1. The van der Waals surface area contributed by atoms with Gasteiger partial charge in [0, 0.05) is 36.8 Å². The molecule has 2 heterocycles. The van der Waals surface area contributed by atoms with Crippen LogP contribution in [0.25, 0.3) is 0 Å². The molecule has 3 heteroatoms. The number of fused-ring (bicyclic) bond motifs is 1. The Labute approximate surface area is 108 Å². The maximum atomic E-state index is 3.59. The number of hydrogen-bond donors (Lipinski definition) is 1. The molecule has 0 radical (unpaired) electrons. The lowest BCUT2D eigenvalue weighted by Gasteiger charge is -2.14. The van der Waals surface area contributed by atoms with Crippen LogP contribution in [-0.4, -0.2) is 31.1 Å². The van der Waals surface area contributed by atoms with Crippen molar-refractivity contribution in [1.82, 2.24) is 0 Å². The molecule has 92 valence electrons. The lowest BCUT2D eigenvalue weighted by atomic mass is 10.1. The van der Waals surface area contributed by atoms with Gasteiger partial charge in [-0.15, -0.1) is 0 Å². The molecular weight excluding hydrogens is 228 g/mol. The van der Waals surface area contributed by atoms with Gasteiger partial charge in [-0.3, -0.25) is 0 Å². The van der Waals surface area contributed by atoms with Gasteiger partial charge in [0.2, 0.25) is 0 Å². The van der Waals surface area contributed by atoms with Gasteiger partial charge >= 0.3 is 0 Å². The Kier molecular flexibility index (Phi) is 3.19. The van der Waals surface area contributed by atoms with Crippen molar-refractivity contribution in [1.29, 1.82) is 0 Å². The van der Waals surface area contributed by atoms with Gasteiger partial charge in [-0.1, -0.05) is 0 Å². The van der Waals surface area contributed by atoms with E-state index in [0.717, 1.165) is 18.3 Å². The predicted molar refractivity (Wildman–Crippen MR) is 77.4 cm³/mol. The summed E-state index contributed by atoms with van der Waals surface area (Å²) in [5, 5.41) is 4.42. The quantitative estimate of drug-likeness (QED) is 0.885. The Balaban J connectivity index is 1.64. The molecule has 1 atom stereocenters. The summed E-state index contributed by atoms with van der Waals surface area (Å²) in [5.41, 5.74) is 4.20. The highest BCUT2D eigenvalue weighted by molar-refractivity contribution is 8.00. The standard InChI is InChI=1S/C14H20N2S/c1-16-7-6-11-9-12(4-5-14(11)16)15-10-13-3-2-8-17-13/h4-5,9,13,15H,2-3,6-8,10H2,1H3. The summed E-state index contributed by atoms with van der Waals surface area (Å²) in [7, 11) is 2.17. The van der Waals surface area contributed by atoms with E-state index >= 15 is 0 Å². The minimum absolute atomic E-state index is 0.825. The molecule has 1 aromatic carbocycles. The first-order valence-electron chi connectivity index (χ1n) is 6.52. The lowest BCUT2D eigenvalue weighted by Crippen LogP contribution is -2.14. The van der Waals surface area contributed by atoms with Gasteiger partial charge in [0.15, 0.2) is 0 Å². The first kappa shape index (κ1) is 11.3. The van der Waals surface area contributed by atoms with Gasteiger partial charge in [0.05, 0.1) is 0 Å². The van der Waals surface area contributed by atoms with Crippen LogP contribution < -0.4 is 10.2 Å². The molecule has 1 aromatic rings. The van der Waals surface area contributed by atoms with E-state index in [0.29, 0.717) is 0 Å². The number of benzene rings is 1. The normalized spacial score (nSPS) is 22.9. The van der Waals surface area contributed by atoms with Gasteiger partial charge in [-0.05, 0) is 48.8 Å². The van der Waals surface area contributed by atoms with Crippen LogP contribution in [0.1, 0.15) is 18.4 Å². The molecule has 2 aliphatic rings. The lowest BCUT2D eigenvalue weighted by molar-refractivity contribution is 0.805. The highest BCUT2D eigenvalue weighted by atomic mass is 32.2. The Morgan fingerprint density at radius 3 is 3.24 bits per heavy atom. The largest absolute Gasteiger partial charge is 0.384 e. The molecule has 1 fully saturated rings. The minimum Gasteiger partial charge on any atom is -0.384 e. The Hall–Kier alpha value is -0.830. The Bertz CT molecular complexity index is 399. The topological polar surface area (TPSA) is 15.3 Å². The smallest absolute Gasteiger partial charge is 0.0398 e. The van der Waals surface area contributed by atoms with Crippen LogP contribution >= 0.6 is 11.8 Å². The van der Waals surface area contributed by atoms with Gasteiger partial charge in [-0.2, -0.15) is 11.8 Å². The summed E-state index contributed by atoms with van der Waals surface area (Å²) < 4.78 is 0. The van der Waals surface area contributed by atoms with Crippen LogP contribution in [0.5, 0.6) is 0 Å². The molecule has 1 N–H and O–H groups in total. The predicted octanol–water partition coefficient (Wildman–Crippen LogP) is 2.99. The van der Waals surface area contributed by atoms with Gasteiger partial charge in [-0.25, -0.2) is 0 Å². The number of anilines is 2. The summed E-state index contributed by atoms with van der Waals surface area (Å²) in [6, 6.07) is 6.81. The summed E-state index contributed by atoms with van der Waals surface area (Å²) in [5.74, 6) is 1.35. The zero-order chi connectivity index (χ0) is 11.7. The average Bonchev–Trinajstić information content (AvgIpc) is 2.97. The third kappa shape index (κ3) is 2.39. The van der Waals surface area contributed by atoms with E-state index in [1.54, 1.807) is 0 Å². The molecule has 0 aliphatic carbocycles. The number of rotatable bonds is 3. The van der Waals surface area contributed by atoms with Crippen molar-refractivity contribution in [2.75, 3.05) is 36.1 Å². The van der Waals surface area contributed by atoms with Crippen LogP contribution in [0.3, 0.4) is 0 Å². The number of hydrogen-bond acceptors (Lipinski definition) is 3. The van der Waals surface area contributed by atoms with Gasteiger partial charge < -0.3 is 10.2 Å². The number of likely N-dealkylation sites (N-methyl/N-ethyl adjacent to an activating group) is 1. The van der Waals surface area contributed by atoms with Crippen molar-refractivity contribution in [2.24, 2.45) is 0 Å². The van der Waals surface area contributed by atoms with Gasteiger partial charge in [0.25, 0.3) is 0 Å². The Morgan fingerprint density at radius 1 is 1.47 bits per heavy atom. The van der Waals surface area contributed by atoms with Crippen molar-refractivity contribution in [3.05, 3.63) is 23.8 Å². The third-order valence-corrected chi connectivity index (χ3v) is 5.16. The molecule has 1 saturated heterocycles. The molecule has 0 aromatic heterocycles. The molecule has 0 bridgehead atoms. The molecule has 0 spiro atoms. The van der Waals surface area contributed by atoms with E-state index in [-0.39, 0.29) is 0 Å². The van der Waals surface area contributed by atoms with E-state index in [1.807, 2.05) is 0 Å². The molecule has 0 saturated carbocycles. The Morgan fingerprint density at radius 2 is 2.41 bits per heavy atom. The van der Waals surface area contributed by atoms with Crippen molar-refractivity contribution in [2.45, 2.75) is 24.5 Å². The van der Waals surface area contributed by atoms with Gasteiger partial charge in [0.1, 0.15) is 0 Å². The summed E-state index contributed by atoms with van der Waals surface area (Å²) in [4.78, 5) is 2.34. The molecule has 1 unspecified atom stereocenters. The fourth-order valence-electron chi connectivity index (χ4n) is 2.71. The second-order valence-electron chi connectivity index (χ2n) is 5.03. The second kappa shape index (κ2) is 4.81. The zero-order valence-electron chi connectivity index (χ0n) is 10.4. The first-order valence-corrected chi connectivity index (χ1v) is 7.57. The van der Waals surface area contributed by atoms with Crippen LogP contribution in [0, 0.1) is 0 Å².